The SMILES string of the molecule is CC(=O)Nc1ccc(C(=O)OCC(=O)C(C)(C)C)cc1. The van der Waals surface area contributed by atoms with E-state index in [0.29, 0.717) is 11.3 Å². The number of hydrogen-bond acceptors (Lipinski definition) is 4. The molecular formula is C15H19NO4. The maximum atomic E-state index is 11.7. The van der Waals surface area contributed by atoms with Crippen molar-refractivity contribution in [3.8, 4) is 0 Å². The third kappa shape index (κ3) is 4.84. The number of anilines is 1. The Labute approximate surface area is 118 Å². The molecule has 5 heteroatoms. The van der Waals surface area contributed by atoms with Gasteiger partial charge in [0.2, 0.25) is 5.91 Å². The zero-order chi connectivity index (χ0) is 15.3. The summed E-state index contributed by atoms with van der Waals surface area (Å²) in [5.41, 5.74) is 0.399. The normalized spacial score (nSPS) is 10.8. The maximum absolute atomic E-state index is 11.7. The topological polar surface area (TPSA) is 72.5 Å². The first-order valence-corrected chi connectivity index (χ1v) is 6.28. The molecule has 1 rings (SSSR count). The number of amides is 1. The van der Waals surface area contributed by atoms with Crippen LogP contribution in [0.4, 0.5) is 5.69 Å². The Morgan fingerprint density at radius 1 is 1.10 bits per heavy atom. The first kappa shape index (κ1) is 15.9. The summed E-state index contributed by atoms with van der Waals surface area (Å²) in [6, 6.07) is 6.28. The Kier molecular flexibility index (Phi) is 5.02. The van der Waals surface area contributed by atoms with E-state index in [-0.39, 0.29) is 18.3 Å². The van der Waals surface area contributed by atoms with Crippen LogP contribution in [0.3, 0.4) is 0 Å². The lowest BCUT2D eigenvalue weighted by molar-refractivity contribution is -0.129. The van der Waals surface area contributed by atoms with Gasteiger partial charge in [0, 0.05) is 18.0 Å². The van der Waals surface area contributed by atoms with Crippen LogP contribution >= 0.6 is 0 Å². The summed E-state index contributed by atoms with van der Waals surface area (Å²) in [6.45, 7) is 6.47. The number of nitrogens with one attached hydrogen (secondary N) is 1. The largest absolute Gasteiger partial charge is 0.454 e. The number of Topliss-reactive ketones (excluding diaryl/α,β-unsaturated/α-hetero) is 1. The zero-order valence-electron chi connectivity index (χ0n) is 12.1. The summed E-state index contributed by atoms with van der Waals surface area (Å²) in [5.74, 6) is -0.881. The Bertz CT molecular complexity index is 512. The van der Waals surface area contributed by atoms with Crippen molar-refractivity contribution in [2.24, 2.45) is 5.41 Å². The Balaban J connectivity index is 2.60. The number of carbonyl (C=O) groups is 3. The van der Waals surface area contributed by atoms with Gasteiger partial charge in [-0.15, -0.1) is 0 Å². The molecule has 0 unspecified atom stereocenters. The highest BCUT2D eigenvalue weighted by molar-refractivity contribution is 5.94. The molecule has 0 atom stereocenters. The molecule has 0 radical (unpaired) electrons. The van der Waals surface area contributed by atoms with Gasteiger partial charge in [-0.3, -0.25) is 9.59 Å². The van der Waals surface area contributed by atoms with E-state index in [1.807, 2.05) is 0 Å². The first-order chi connectivity index (χ1) is 9.20. The highest BCUT2D eigenvalue weighted by Crippen LogP contribution is 2.15. The molecule has 0 aromatic heterocycles. The number of benzene rings is 1. The number of esters is 1. The summed E-state index contributed by atoms with van der Waals surface area (Å²) >= 11 is 0. The van der Waals surface area contributed by atoms with Gasteiger partial charge in [-0.2, -0.15) is 0 Å². The van der Waals surface area contributed by atoms with Crippen molar-refractivity contribution in [3.05, 3.63) is 29.8 Å². The van der Waals surface area contributed by atoms with Crippen LogP contribution in [-0.4, -0.2) is 24.3 Å². The molecule has 0 aliphatic rings. The van der Waals surface area contributed by atoms with Gasteiger partial charge in [0.1, 0.15) is 0 Å². The third-order valence-corrected chi connectivity index (χ3v) is 2.61. The minimum atomic E-state index is -0.558. The fraction of sp³-hybridized carbons (Fsp3) is 0.400. The van der Waals surface area contributed by atoms with E-state index in [9.17, 15) is 14.4 Å². The van der Waals surface area contributed by atoms with Crippen LogP contribution in [-0.2, 0) is 14.3 Å². The van der Waals surface area contributed by atoms with Crippen LogP contribution in [0.2, 0.25) is 0 Å². The minimum Gasteiger partial charge on any atom is -0.454 e. The van der Waals surface area contributed by atoms with E-state index in [2.05, 4.69) is 5.32 Å². The van der Waals surface area contributed by atoms with Crippen LogP contribution in [0.1, 0.15) is 38.1 Å². The maximum Gasteiger partial charge on any atom is 0.338 e. The average Bonchev–Trinajstić information content (AvgIpc) is 2.34. The van der Waals surface area contributed by atoms with Crippen LogP contribution in [0.5, 0.6) is 0 Å². The highest BCUT2D eigenvalue weighted by Gasteiger charge is 2.22. The molecule has 0 aliphatic carbocycles. The predicted molar refractivity (Wildman–Crippen MR) is 75.5 cm³/mol. The standard InChI is InChI=1S/C15H19NO4/c1-10(17)16-12-7-5-11(6-8-12)14(19)20-9-13(18)15(2,3)4/h5-8H,9H2,1-4H3,(H,16,17). The van der Waals surface area contributed by atoms with Gasteiger partial charge >= 0.3 is 5.97 Å². The van der Waals surface area contributed by atoms with Crippen LogP contribution in [0, 0.1) is 5.41 Å². The van der Waals surface area contributed by atoms with Gasteiger partial charge < -0.3 is 10.1 Å². The molecule has 1 amide bonds. The van der Waals surface area contributed by atoms with Crippen molar-refractivity contribution in [2.75, 3.05) is 11.9 Å². The Hall–Kier alpha value is -2.17. The monoisotopic (exact) mass is 277 g/mol. The van der Waals surface area contributed by atoms with Gasteiger partial charge in [0.25, 0.3) is 0 Å². The fourth-order valence-corrected chi connectivity index (χ4v) is 1.32. The molecule has 0 spiro atoms. The molecule has 0 saturated carbocycles. The van der Waals surface area contributed by atoms with Crippen molar-refractivity contribution in [2.45, 2.75) is 27.7 Å². The van der Waals surface area contributed by atoms with Gasteiger partial charge in [-0.25, -0.2) is 4.79 Å². The summed E-state index contributed by atoms with van der Waals surface area (Å²) in [4.78, 5) is 34.3. The van der Waals surface area contributed by atoms with E-state index in [4.69, 9.17) is 4.74 Å². The van der Waals surface area contributed by atoms with E-state index in [0.717, 1.165) is 0 Å². The van der Waals surface area contributed by atoms with E-state index >= 15 is 0 Å². The molecule has 0 heterocycles. The lowest BCUT2D eigenvalue weighted by Gasteiger charge is -2.16. The highest BCUT2D eigenvalue weighted by atomic mass is 16.5. The van der Waals surface area contributed by atoms with Crippen molar-refractivity contribution >= 4 is 23.3 Å². The Morgan fingerprint density at radius 2 is 1.65 bits per heavy atom. The van der Waals surface area contributed by atoms with Crippen LogP contribution in [0.25, 0.3) is 0 Å². The number of ketones is 1. The number of hydrogen-bond donors (Lipinski definition) is 1. The minimum absolute atomic E-state index is 0.138. The second-order valence-corrected chi connectivity index (χ2v) is 5.51. The van der Waals surface area contributed by atoms with Gasteiger partial charge in [0.15, 0.2) is 12.4 Å². The number of carbonyl (C=O) groups excluding carboxylic acids is 3. The molecule has 0 saturated heterocycles. The molecule has 0 fully saturated rings. The molecule has 108 valence electrons. The zero-order valence-corrected chi connectivity index (χ0v) is 12.1. The molecule has 1 aromatic rings. The molecule has 0 bridgehead atoms. The van der Waals surface area contributed by atoms with Crippen molar-refractivity contribution < 1.29 is 19.1 Å². The summed E-state index contributed by atoms with van der Waals surface area (Å²) in [7, 11) is 0. The summed E-state index contributed by atoms with van der Waals surface area (Å²) < 4.78 is 4.96. The summed E-state index contributed by atoms with van der Waals surface area (Å²) in [5, 5.41) is 2.60. The third-order valence-electron chi connectivity index (χ3n) is 2.61. The predicted octanol–water partition coefficient (Wildman–Crippen LogP) is 2.42. The lowest BCUT2D eigenvalue weighted by atomic mass is 9.91. The van der Waals surface area contributed by atoms with Gasteiger partial charge in [-0.1, -0.05) is 20.8 Å². The second-order valence-electron chi connectivity index (χ2n) is 5.51. The first-order valence-electron chi connectivity index (χ1n) is 6.28. The van der Waals surface area contributed by atoms with Crippen molar-refractivity contribution in [1.82, 2.24) is 0 Å². The second kappa shape index (κ2) is 6.32. The van der Waals surface area contributed by atoms with Crippen molar-refractivity contribution in [3.63, 3.8) is 0 Å². The number of ether oxygens (including phenoxy) is 1. The average molecular weight is 277 g/mol. The van der Waals surface area contributed by atoms with Crippen LogP contribution in [0.15, 0.2) is 24.3 Å². The quantitative estimate of drug-likeness (QED) is 0.858. The molecule has 0 aliphatic heterocycles. The molecule has 1 aromatic carbocycles. The van der Waals surface area contributed by atoms with Crippen molar-refractivity contribution in [1.29, 1.82) is 0 Å². The van der Waals surface area contributed by atoms with Gasteiger partial charge in [-0.05, 0) is 24.3 Å². The van der Waals surface area contributed by atoms with Crippen LogP contribution < -0.4 is 5.32 Å². The molecule has 20 heavy (non-hydrogen) atoms. The smallest absolute Gasteiger partial charge is 0.338 e. The van der Waals surface area contributed by atoms with E-state index in [1.54, 1.807) is 32.9 Å². The molecular weight excluding hydrogens is 258 g/mol. The Morgan fingerprint density at radius 3 is 2.10 bits per heavy atom. The molecule has 5 nitrogen and oxygen atoms in total. The van der Waals surface area contributed by atoms with E-state index < -0.39 is 11.4 Å². The number of rotatable bonds is 4. The van der Waals surface area contributed by atoms with E-state index in [1.165, 1.54) is 19.1 Å². The molecule has 1 N–H and O–H groups in total. The van der Waals surface area contributed by atoms with Gasteiger partial charge in [0.05, 0.1) is 5.56 Å². The fourth-order valence-electron chi connectivity index (χ4n) is 1.32. The lowest BCUT2D eigenvalue weighted by Crippen LogP contribution is -2.26. The summed E-state index contributed by atoms with van der Waals surface area (Å²) in [6.07, 6.45) is 0.